The maximum atomic E-state index is 5.37. The van der Waals surface area contributed by atoms with Gasteiger partial charge >= 0.3 is 0 Å². The molecule has 0 spiro atoms. The lowest BCUT2D eigenvalue weighted by Crippen LogP contribution is -2.21. The zero-order valence-electron chi connectivity index (χ0n) is 9.38. The predicted octanol–water partition coefficient (Wildman–Crippen LogP) is 2.28. The average molecular weight is 215 g/mol. The Hall–Kier alpha value is -1.28. The van der Waals surface area contributed by atoms with Crippen molar-refractivity contribution >= 4 is 0 Å². The monoisotopic (exact) mass is 215 g/mol. The molecule has 0 saturated carbocycles. The lowest BCUT2D eigenvalue weighted by Gasteiger charge is -2.18. The summed E-state index contributed by atoms with van der Waals surface area (Å²) >= 11 is 0. The third-order valence-corrected chi connectivity index (χ3v) is 3.55. The van der Waals surface area contributed by atoms with Crippen LogP contribution in [0.25, 0.3) is 0 Å². The maximum Gasteiger partial charge on any atom is 0.0919 e. The molecular formula is C14H17NO. The Morgan fingerprint density at radius 3 is 2.88 bits per heavy atom. The van der Waals surface area contributed by atoms with E-state index in [1.807, 2.05) is 6.26 Å². The summed E-state index contributed by atoms with van der Waals surface area (Å²) in [5.41, 5.74) is 1.41. The summed E-state index contributed by atoms with van der Waals surface area (Å²) in [5.74, 6) is 1.41. The van der Waals surface area contributed by atoms with Gasteiger partial charge < -0.3 is 4.74 Å². The Kier molecular flexibility index (Phi) is 2.66. The van der Waals surface area contributed by atoms with E-state index in [1.54, 1.807) is 0 Å². The molecule has 3 rings (SSSR count). The Balaban J connectivity index is 1.64. The molecule has 0 aromatic heterocycles. The first-order chi connectivity index (χ1) is 7.92. The Morgan fingerprint density at radius 1 is 1.19 bits per heavy atom. The van der Waals surface area contributed by atoms with Crippen LogP contribution < -0.4 is 0 Å². The minimum Gasteiger partial charge on any atom is -0.501 e. The maximum absolute atomic E-state index is 5.37. The second kappa shape index (κ2) is 4.30. The first-order valence-corrected chi connectivity index (χ1v) is 5.96. The molecule has 2 atom stereocenters. The van der Waals surface area contributed by atoms with E-state index >= 15 is 0 Å². The molecule has 0 amide bonds. The summed E-state index contributed by atoms with van der Waals surface area (Å²) < 4.78 is 5.37. The highest BCUT2D eigenvalue weighted by Gasteiger charge is 2.32. The van der Waals surface area contributed by atoms with Gasteiger partial charge in [0, 0.05) is 31.5 Å². The van der Waals surface area contributed by atoms with E-state index in [9.17, 15) is 0 Å². The van der Waals surface area contributed by atoms with E-state index in [0.29, 0.717) is 11.8 Å². The highest BCUT2D eigenvalue weighted by atomic mass is 16.5. The molecule has 0 unspecified atom stereocenters. The number of ether oxygens (including phenoxy) is 1. The van der Waals surface area contributed by atoms with Crippen LogP contribution in [0.3, 0.4) is 0 Å². The number of likely N-dealkylation sites (tertiary alicyclic amines) is 1. The van der Waals surface area contributed by atoms with Crippen LogP contribution in [0.5, 0.6) is 0 Å². The highest BCUT2D eigenvalue weighted by Crippen LogP contribution is 2.28. The van der Waals surface area contributed by atoms with Crippen molar-refractivity contribution in [2.75, 3.05) is 19.7 Å². The summed E-state index contributed by atoms with van der Waals surface area (Å²) in [5, 5.41) is 0. The van der Waals surface area contributed by atoms with E-state index in [2.05, 4.69) is 41.3 Å². The van der Waals surface area contributed by atoms with E-state index < -0.39 is 0 Å². The molecule has 0 bridgehead atoms. The number of rotatable bonds is 2. The van der Waals surface area contributed by atoms with Crippen molar-refractivity contribution in [3.8, 4) is 0 Å². The molecule has 2 heterocycles. The van der Waals surface area contributed by atoms with Gasteiger partial charge in [0.05, 0.1) is 12.9 Å². The minimum absolute atomic E-state index is 0.703. The third kappa shape index (κ3) is 1.98. The second-order valence-electron chi connectivity index (χ2n) is 4.77. The highest BCUT2D eigenvalue weighted by molar-refractivity contribution is 5.15. The van der Waals surface area contributed by atoms with Gasteiger partial charge in [0.15, 0.2) is 0 Å². The molecule has 1 saturated heterocycles. The molecule has 1 aromatic rings. The van der Waals surface area contributed by atoms with Crippen molar-refractivity contribution in [1.29, 1.82) is 0 Å². The van der Waals surface area contributed by atoms with Crippen molar-refractivity contribution in [3.05, 3.63) is 48.2 Å². The molecule has 0 radical (unpaired) electrons. The van der Waals surface area contributed by atoms with Crippen molar-refractivity contribution in [2.24, 2.45) is 11.8 Å². The molecule has 2 aliphatic heterocycles. The smallest absolute Gasteiger partial charge is 0.0919 e. The molecule has 2 aliphatic rings. The van der Waals surface area contributed by atoms with Crippen LogP contribution >= 0.6 is 0 Å². The molecule has 1 fully saturated rings. The van der Waals surface area contributed by atoms with Crippen molar-refractivity contribution in [3.63, 3.8) is 0 Å². The molecule has 2 nitrogen and oxygen atoms in total. The fourth-order valence-electron chi connectivity index (χ4n) is 2.69. The number of benzene rings is 1. The van der Waals surface area contributed by atoms with Crippen molar-refractivity contribution in [2.45, 2.75) is 6.54 Å². The Morgan fingerprint density at radius 2 is 2.06 bits per heavy atom. The standard InChI is InChI=1S/C14H17NO/c1-2-4-12(5-3-1)8-15-9-13-6-7-16-11-14(13)10-15/h1-7,13-14H,8-11H2/t13-,14+/m0/s1. The SMILES string of the molecule is C1=C[C@H]2CN(Cc3ccccc3)C[C@@H]2CO1. The van der Waals surface area contributed by atoms with Crippen LogP contribution in [0.4, 0.5) is 0 Å². The van der Waals surface area contributed by atoms with Gasteiger partial charge in [-0.1, -0.05) is 30.3 Å². The molecular weight excluding hydrogens is 198 g/mol. The van der Waals surface area contributed by atoms with Crippen molar-refractivity contribution < 1.29 is 4.74 Å². The van der Waals surface area contributed by atoms with Crippen LogP contribution in [0.1, 0.15) is 5.56 Å². The van der Waals surface area contributed by atoms with Gasteiger partial charge in [-0.3, -0.25) is 4.90 Å². The van der Waals surface area contributed by atoms with Gasteiger partial charge in [-0.25, -0.2) is 0 Å². The fourth-order valence-corrected chi connectivity index (χ4v) is 2.69. The first-order valence-electron chi connectivity index (χ1n) is 5.96. The summed E-state index contributed by atoms with van der Waals surface area (Å²) in [7, 11) is 0. The summed E-state index contributed by atoms with van der Waals surface area (Å²) in [6.07, 6.45) is 4.09. The van der Waals surface area contributed by atoms with Crippen LogP contribution in [-0.4, -0.2) is 24.6 Å². The number of hydrogen-bond donors (Lipinski definition) is 0. The quantitative estimate of drug-likeness (QED) is 0.750. The summed E-state index contributed by atoms with van der Waals surface area (Å²) in [6, 6.07) is 10.7. The van der Waals surface area contributed by atoms with E-state index in [-0.39, 0.29) is 0 Å². The molecule has 0 N–H and O–H groups in total. The van der Waals surface area contributed by atoms with E-state index in [4.69, 9.17) is 4.74 Å². The predicted molar refractivity (Wildman–Crippen MR) is 63.8 cm³/mol. The Bertz CT molecular complexity index is 374. The van der Waals surface area contributed by atoms with Crippen LogP contribution in [0.2, 0.25) is 0 Å². The fraction of sp³-hybridized carbons (Fsp3) is 0.429. The van der Waals surface area contributed by atoms with Crippen LogP contribution in [0, 0.1) is 11.8 Å². The second-order valence-corrected chi connectivity index (χ2v) is 4.77. The van der Waals surface area contributed by atoms with Gasteiger partial charge in [-0.05, 0) is 11.6 Å². The zero-order chi connectivity index (χ0) is 10.8. The molecule has 0 aliphatic carbocycles. The molecule has 84 valence electrons. The van der Waals surface area contributed by atoms with Gasteiger partial charge in [0.2, 0.25) is 0 Å². The zero-order valence-corrected chi connectivity index (χ0v) is 9.38. The summed E-state index contributed by atoms with van der Waals surface area (Å²) in [4.78, 5) is 2.53. The molecule has 16 heavy (non-hydrogen) atoms. The van der Waals surface area contributed by atoms with Crippen molar-refractivity contribution in [1.82, 2.24) is 4.90 Å². The van der Waals surface area contributed by atoms with Crippen LogP contribution in [-0.2, 0) is 11.3 Å². The Labute approximate surface area is 96.5 Å². The minimum atomic E-state index is 0.703. The lowest BCUT2D eigenvalue weighted by molar-refractivity contribution is 0.163. The largest absolute Gasteiger partial charge is 0.501 e. The average Bonchev–Trinajstić information content (AvgIpc) is 2.72. The number of nitrogens with zero attached hydrogens (tertiary/aromatic N) is 1. The number of fused-ring (bicyclic) bond motifs is 1. The van der Waals surface area contributed by atoms with Crippen LogP contribution in [0.15, 0.2) is 42.7 Å². The lowest BCUT2D eigenvalue weighted by atomic mass is 9.96. The normalized spacial score (nSPS) is 28.8. The summed E-state index contributed by atoms with van der Waals surface area (Å²) in [6.45, 7) is 4.32. The topological polar surface area (TPSA) is 12.5 Å². The molecule has 1 aromatic carbocycles. The van der Waals surface area contributed by atoms with Gasteiger partial charge in [0.25, 0.3) is 0 Å². The van der Waals surface area contributed by atoms with Gasteiger partial charge in [-0.2, -0.15) is 0 Å². The van der Waals surface area contributed by atoms with Gasteiger partial charge in [-0.15, -0.1) is 0 Å². The van der Waals surface area contributed by atoms with E-state index in [0.717, 1.165) is 13.2 Å². The first kappa shape index (κ1) is 9.91. The van der Waals surface area contributed by atoms with Gasteiger partial charge in [0.1, 0.15) is 0 Å². The third-order valence-electron chi connectivity index (χ3n) is 3.55. The number of hydrogen-bond acceptors (Lipinski definition) is 2. The molecule has 2 heteroatoms. The van der Waals surface area contributed by atoms with E-state index in [1.165, 1.54) is 18.7 Å².